The Morgan fingerprint density at radius 1 is 0.859 bits per heavy atom. The lowest BCUT2D eigenvalue weighted by Gasteiger charge is -2.22. The zero-order valence-electron chi connectivity index (χ0n) is 40.4. The van der Waals surface area contributed by atoms with Gasteiger partial charge in [-0.05, 0) is 68.1 Å². The first-order chi connectivity index (χ1) is 29.8. The minimum Gasteiger partial charge on any atom is -0.466 e. The van der Waals surface area contributed by atoms with Gasteiger partial charge in [0.05, 0.1) is 37.7 Å². The van der Waals surface area contributed by atoms with Crippen LogP contribution in [0.4, 0.5) is 0 Å². The van der Waals surface area contributed by atoms with Gasteiger partial charge < -0.3 is 26.8 Å². The molecule has 1 aromatic carbocycles. The molecule has 1 rings (SSSR count). The number of thioether (sulfide) groups is 1. The van der Waals surface area contributed by atoms with Gasteiger partial charge in [-0.15, -0.1) is 9.45 Å². The third-order valence-electron chi connectivity index (χ3n) is 9.53. The van der Waals surface area contributed by atoms with Crippen molar-refractivity contribution in [2.45, 2.75) is 170 Å². The van der Waals surface area contributed by atoms with Gasteiger partial charge in [0.2, 0.25) is 0 Å². The zero-order valence-corrected chi connectivity index (χ0v) is 52.5. The molecular weight excluding hydrogens is 1280 g/mol. The first kappa shape index (κ1) is 79.7. The molecule has 19 heteroatoms. The maximum atomic E-state index is 12.9. The molecule has 0 saturated heterocycles. The number of alkyl halides is 1. The summed E-state index contributed by atoms with van der Waals surface area (Å²) in [6, 6.07) is 7.61. The van der Waals surface area contributed by atoms with Crippen LogP contribution in [-0.2, 0) is 102 Å². The number of esters is 1. The third-order valence-corrected chi connectivity index (χ3v) is 14.6. The average molecular weight is 1370 g/mol. The third kappa shape index (κ3) is 45.9. The Morgan fingerprint density at radius 3 is 1.75 bits per heavy atom. The number of rotatable bonds is 26. The smallest absolute Gasteiger partial charge is 0.306 e. The summed E-state index contributed by atoms with van der Waals surface area (Å²) >= 11 is 28.1. The summed E-state index contributed by atoms with van der Waals surface area (Å²) in [6.07, 6.45) is 7.62. The number of halogens is 3. The minimum absolute atomic E-state index is 0. The number of nitrogens with two attached hydrogens (primary N) is 2. The SMILES string of the molecule is C.CC(=O)[C@@H](N)CS(=S)C(C)(C)C.CCCC[C@H](NC)C(=O)CN[C@@H](CCCC)C(=O)Cc1ccccc1CC.CCOC(=O)CCSC[C@@H](N)[C@H](C)C(C)C.CI.II.S=S.S=S. The van der Waals surface area contributed by atoms with E-state index in [0.717, 1.165) is 62.0 Å². The van der Waals surface area contributed by atoms with E-state index in [9.17, 15) is 19.2 Å². The Bertz CT molecular complexity index is 1300. The Hall–Kier alpha value is 1.53. The summed E-state index contributed by atoms with van der Waals surface area (Å²) in [5.74, 6) is 3.74. The van der Waals surface area contributed by atoms with Crippen LogP contribution in [0.3, 0.4) is 0 Å². The molecule has 9 nitrogen and oxygen atoms in total. The second-order valence-corrected chi connectivity index (χ2v) is 20.1. The van der Waals surface area contributed by atoms with Crippen molar-refractivity contribution in [2.75, 3.05) is 42.4 Å². The van der Waals surface area contributed by atoms with Crippen molar-refractivity contribution in [1.29, 1.82) is 0 Å². The molecule has 1 unspecified atom stereocenters. The quantitative estimate of drug-likeness (QED) is 0.0301. The predicted molar refractivity (Wildman–Crippen MR) is 326 cm³/mol. The van der Waals surface area contributed by atoms with Crippen molar-refractivity contribution >= 4 is 160 Å². The van der Waals surface area contributed by atoms with Crippen LogP contribution >= 0.6 is 71.6 Å². The molecule has 380 valence electrons. The fourth-order valence-electron chi connectivity index (χ4n) is 5.18. The topological polar surface area (TPSA) is 154 Å². The van der Waals surface area contributed by atoms with Crippen molar-refractivity contribution in [3.8, 4) is 0 Å². The number of aryl methyl sites for hydroxylation is 1. The highest BCUT2D eigenvalue weighted by atomic mass is 128. The van der Waals surface area contributed by atoms with Crippen LogP contribution in [-0.4, -0.2) is 94.6 Å². The van der Waals surface area contributed by atoms with E-state index >= 15 is 0 Å². The zero-order chi connectivity index (χ0) is 50.6. The lowest BCUT2D eigenvalue weighted by molar-refractivity contribution is -0.142. The van der Waals surface area contributed by atoms with E-state index in [1.165, 1.54) is 12.5 Å². The number of likely N-dealkylation sites (N-methyl/N-ethyl adjacent to an activating group) is 1. The van der Waals surface area contributed by atoms with Crippen molar-refractivity contribution < 1.29 is 23.9 Å². The first-order valence-corrected chi connectivity index (χ1v) is 35.9. The Labute approximate surface area is 460 Å². The highest BCUT2D eigenvalue weighted by Gasteiger charge is 2.23. The normalized spacial score (nSPS) is 12.9. The van der Waals surface area contributed by atoms with E-state index in [1.807, 2.05) is 37.1 Å². The van der Waals surface area contributed by atoms with Gasteiger partial charge in [-0.1, -0.05) is 153 Å². The van der Waals surface area contributed by atoms with Crippen LogP contribution in [0, 0.1) is 11.8 Å². The summed E-state index contributed by atoms with van der Waals surface area (Å²) in [5, 5.41) is 6.38. The highest BCUT2D eigenvalue weighted by Crippen LogP contribution is 2.17. The molecule has 6 N–H and O–H groups in total. The molecule has 1 aromatic rings. The van der Waals surface area contributed by atoms with Gasteiger partial charge in [0.15, 0.2) is 11.6 Å². The average Bonchev–Trinajstić information content (AvgIpc) is 3.28. The van der Waals surface area contributed by atoms with Gasteiger partial charge in [0, 0.05) is 116 Å². The fraction of sp³-hybridized carbons (Fsp3) is 0.778. The summed E-state index contributed by atoms with van der Waals surface area (Å²) in [7, 11) is 1.63. The number of nitrogens with one attached hydrogen (secondary N) is 2. The molecular formula is C45H87I3N4O5S7. The van der Waals surface area contributed by atoms with Crippen molar-refractivity contribution in [3.63, 3.8) is 0 Å². The minimum atomic E-state index is -0.370. The van der Waals surface area contributed by atoms with Crippen molar-refractivity contribution in [2.24, 2.45) is 23.3 Å². The van der Waals surface area contributed by atoms with Crippen molar-refractivity contribution in [3.05, 3.63) is 35.4 Å². The van der Waals surface area contributed by atoms with Crippen LogP contribution < -0.4 is 22.1 Å². The van der Waals surface area contributed by atoms with Crippen LogP contribution in [0.5, 0.6) is 0 Å². The van der Waals surface area contributed by atoms with E-state index in [2.05, 4.69) is 184 Å². The van der Waals surface area contributed by atoms with E-state index < -0.39 is 0 Å². The number of carbonyl (C=O) groups is 4. The number of carbonyl (C=O) groups excluding carboxylic acids is 4. The first-order valence-electron chi connectivity index (χ1n) is 21.3. The molecule has 0 aliphatic heterocycles. The molecule has 0 aliphatic carbocycles. The Balaban J connectivity index is -0.000000150. The molecule has 0 spiro atoms. The lowest BCUT2D eigenvalue weighted by atomic mass is 9.92. The Morgan fingerprint density at radius 2 is 1.34 bits per heavy atom. The summed E-state index contributed by atoms with van der Waals surface area (Å²) in [4.78, 5) is 49.3. The maximum absolute atomic E-state index is 12.9. The van der Waals surface area contributed by atoms with E-state index in [-0.39, 0.29) is 75.7 Å². The molecule has 6 atom stereocenters. The molecule has 0 aromatic heterocycles. The summed E-state index contributed by atoms with van der Waals surface area (Å²) in [5.41, 5.74) is 14.0. The van der Waals surface area contributed by atoms with Gasteiger partial charge in [0.25, 0.3) is 0 Å². The van der Waals surface area contributed by atoms with Gasteiger partial charge in [-0.2, -0.15) is 11.8 Å². The molecule has 0 aliphatic rings. The number of ketones is 3. The number of unbranched alkanes of at least 4 members (excludes halogenated alkanes) is 2. The summed E-state index contributed by atoms with van der Waals surface area (Å²) in [6.45, 7) is 23.2. The molecule has 0 heterocycles. The van der Waals surface area contributed by atoms with Crippen LogP contribution in [0.15, 0.2) is 24.3 Å². The lowest BCUT2D eigenvalue weighted by Crippen LogP contribution is -2.45. The van der Waals surface area contributed by atoms with Crippen LogP contribution in [0.2, 0.25) is 0 Å². The van der Waals surface area contributed by atoms with Gasteiger partial charge in [-0.3, -0.25) is 19.2 Å². The second kappa shape index (κ2) is 55.5. The maximum Gasteiger partial charge on any atom is 0.306 e. The standard InChI is InChI=1S/C23H38N2O2.C12H25NO2S.C8H17NOS2.CH3I.CH4.I2.2S2/c1-5-8-14-20(24-4)23(27)17-25-21(15-9-6-2)22(26)16-19-13-11-10-12-18(19)7-3;1-5-15-12(14)6-7-16-8-11(13)10(4)9(2)3;1-6(10)7(9)5-12(11)8(2,3)4;1-2;;3*1-2/h10-13,20-21,24-25H,5-9,14-17H2,1-4H3;9-11H,5-8,13H2,1-4H3;7H,5,9H2,1-4H3;1H3;1H4;;;/t20-,21-;10-,11-;7-,12?;;;;;/m010...../s1. The molecule has 0 amide bonds. The van der Waals surface area contributed by atoms with Gasteiger partial charge in [-0.25, -0.2) is 0 Å². The van der Waals surface area contributed by atoms with E-state index in [1.54, 1.807) is 11.8 Å². The number of hydrogen-bond acceptors (Lipinski definition) is 15. The van der Waals surface area contributed by atoms with E-state index in [0.29, 0.717) is 37.0 Å². The van der Waals surface area contributed by atoms with Crippen LogP contribution in [0.25, 0.3) is 0 Å². The van der Waals surface area contributed by atoms with Crippen molar-refractivity contribution in [1.82, 2.24) is 10.6 Å². The fourth-order valence-corrected chi connectivity index (χ4v) is 7.73. The van der Waals surface area contributed by atoms with Gasteiger partial charge >= 0.3 is 5.97 Å². The molecule has 0 radical (unpaired) electrons. The van der Waals surface area contributed by atoms with Gasteiger partial charge in [0.1, 0.15) is 5.78 Å². The number of ether oxygens (including phenoxy) is 1. The van der Waals surface area contributed by atoms with Crippen LogP contribution in [0.1, 0.15) is 140 Å². The number of hydrogen-bond donors (Lipinski definition) is 4. The second-order valence-electron chi connectivity index (χ2n) is 15.5. The molecule has 0 fully saturated rings. The largest absolute Gasteiger partial charge is 0.466 e. The predicted octanol–water partition coefficient (Wildman–Crippen LogP) is 10.4. The number of Topliss-reactive ketones (excluding diaryl/α,β-unsaturated/α-hetero) is 3. The highest BCUT2D eigenvalue weighted by molar-refractivity contribution is 15.0. The molecule has 0 bridgehead atoms. The molecule has 0 saturated carbocycles. The monoisotopic (exact) mass is 1370 g/mol. The Kier molecular flexibility index (Phi) is 69.0. The number of benzene rings is 1. The molecule has 64 heavy (non-hydrogen) atoms. The summed E-state index contributed by atoms with van der Waals surface area (Å²) < 4.78 is 4.94. The van der Waals surface area contributed by atoms with E-state index in [4.69, 9.17) is 27.4 Å².